The number of hydrogen-bond acceptors (Lipinski definition) is 11. The molecule has 1 aliphatic carbocycles. The van der Waals surface area contributed by atoms with E-state index in [4.69, 9.17) is 30.5 Å². The van der Waals surface area contributed by atoms with Crippen molar-refractivity contribution in [3.05, 3.63) is 101 Å². The van der Waals surface area contributed by atoms with E-state index < -0.39 is 41.0 Å². The number of allylic oxidation sites excluding steroid dienone is 2. The van der Waals surface area contributed by atoms with E-state index in [0.717, 1.165) is 12.2 Å². The highest BCUT2D eigenvalue weighted by atomic mass is 35.5. The number of methoxy groups -OCH3 is 1. The maximum atomic E-state index is 13.8. The van der Waals surface area contributed by atoms with Gasteiger partial charge in [0.1, 0.15) is 28.6 Å². The van der Waals surface area contributed by atoms with Crippen LogP contribution in [0.5, 0.6) is 23.0 Å². The third-order valence-corrected chi connectivity index (χ3v) is 10.7. The van der Waals surface area contributed by atoms with Gasteiger partial charge in [0, 0.05) is 11.6 Å². The van der Waals surface area contributed by atoms with E-state index in [-0.39, 0.29) is 61.4 Å². The molecule has 3 N–H and O–H groups in total. The van der Waals surface area contributed by atoms with Crippen LogP contribution >= 0.6 is 11.6 Å². The average molecular weight is 749 g/mol. The molecule has 0 fully saturated rings. The number of aromatic hydroxyl groups is 1. The molecule has 0 unspecified atom stereocenters. The van der Waals surface area contributed by atoms with Crippen molar-refractivity contribution in [3.8, 4) is 23.0 Å². The van der Waals surface area contributed by atoms with Gasteiger partial charge in [-0.1, -0.05) is 11.6 Å². The van der Waals surface area contributed by atoms with Crippen molar-refractivity contribution in [1.82, 2.24) is 0 Å². The minimum atomic E-state index is -2.47. The minimum absolute atomic E-state index is 0.00246. The first-order valence-electron chi connectivity index (χ1n) is 16.4. The standard InChI is InChI=1S/C40H41ClO12/c1-15-13-26(42)14-27(50-12)40(15,49)39(48)53-35-25(11)32(43)30(24(10)31(35)41)38(47)52-34-22(8)18(4)29(19(5)23(34)9)37(46)51-33-20(6)16(2)28(36(44)45)17(3)21(33)7/h13-14,43,49H,1-12H3,(H,44,45)/t40-/m1/s1. The van der Waals surface area contributed by atoms with Crippen molar-refractivity contribution in [2.24, 2.45) is 0 Å². The number of carbonyl (C=O) groups is 5. The molecule has 0 radical (unpaired) electrons. The van der Waals surface area contributed by atoms with Gasteiger partial charge in [-0.25, -0.2) is 19.2 Å². The average Bonchev–Trinajstić information content (AvgIpc) is 3.09. The van der Waals surface area contributed by atoms with Crippen LogP contribution in [-0.4, -0.2) is 57.7 Å². The van der Waals surface area contributed by atoms with Crippen molar-refractivity contribution in [2.75, 3.05) is 7.11 Å². The van der Waals surface area contributed by atoms with Crippen LogP contribution in [0, 0.1) is 69.2 Å². The normalized spacial score (nSPS) is 15.4. The quantitative estimate of drug-likeness (QED) is 0.159. The Kier molecular flexibility index (Phi) is 11.0. The number of aliphatic hydroxyl groups is 1. The molecule has 0 amide bonds. The van der Waals surface area contributed by atoms with E-state index in [2.05, 4.69) is 0 Å². The third-order valence-electron chi connectivity index (χ3n) is 10.2. The van der Waals surface area contributed by atoms with E-state index in [0.29, 0.717) is 44.5 Å². The number of rotatable bonds is 8. The molecular weight excluding hydrogens is 708 g/mol. The molecule has 0 saturated heterocycles. The fourth-order valence-corrected chi connectivity index (χ4v) is 6.76. The lowest BCUT2D eigenvalue weighted by Gasteiger charge is -2.30. The molecule has 1 atom stereocenters. The number of carboxylic acids is 1. The second-order valence-electron chi connectivity index (χ2n) is 13.2. The number of carboxylic acid groups (broad SMARTS) is 1. The Balaban J connectivity index is 1.70. The smallest absolute Gasteiger partial charge is 0.356 e. The van der Waals surface area contributed by atoms with E-state index in [1.807, 2.05) is 0 Å². The molecule has 0 bridgehead atoms. The second kappa shape index (κ2) is 14.5. The van der Waals surface area contributed by atoms with Gasteiger partial charge >= 0.3 is 23.9 Å². The Morgan fingerprint density at radius 3 is 1.47 bits per heavy atom. The summed E-state index contributed by atoms with van der Waals surface area (Å²) >= 11 is 6.61. The maximum Gasteiger partial charge on any atom is 0.356 e. The molecule has 0 heterocycles. The number of phenolic OH excluding ortho intramolecular Hbond substituents is 1. The summed E-state index contributed by atoms with van der Waals surface area (Å²) in [6, 6.07) is 0. The number of benzene rings is 3. The summed E-state index contributed by atoms with van der Waals surface area (Å²) in [5.74, 6) is -5.45. The summed E-state index contributed by atoms with van der Waals surface area (Å²) in [6.07, 6.45) is 1.99. The van der Waals surface area contributed by atoms with Gasteiger partial charge in [-0.2, -0.15) is 0 Å². The molecule has 1 aliphatic rings. The topological polar surface area (TPSA) is 183 Å². The van der Waals surface area contributed by atoms with Gasteiger partial charge in [0.2, 0.25) is 5.60 Å². The summed E-state index contributed by atoms with van der Waals surface area (Å²) in [5, 5.41) is 32.0. The monoisotopic (exact) mass is 748 g/mol. The number of halogens is 1. The van der Waals surface area contributed by atoms with Crippen LogP contribution in [0.1, 0.15) is 93.6 Å². The molecule has 53 heavy (non-hydrogen) atoms. The Hall–Kier alpha value is -5.46. The lowest BCUT2D eigenvalue weighted by Crippen LogP contribution is -2.47. The highest BCUT2D eigenvalue weighted by Gasteiger charge is 2.48. The molecular formula is C40H41ClO12. The van der Waals surface area contributed by atoms with Crippen LogP contribution in [0.3, 0.4) is 0 Å². The summed E-state index contributed by atoms with van der Waals surface area (Å²) < 4.78 is 22.4. The van der Waals surface area contributed by atoms with Gasteiger partial charge in [0.15, 0.2) is 11.5 Å². The number of esters is 3. The van der Waals surface area contributed by atoms with Crippen LogP contribution in [0.15, 0.2) is 23.5 Å². The predicted molar refractivity (Wildman–Crippen MR) is 195 cm³/mol. The molecule has 12 nitrogen and oxygen atoms in total. The lowest BCUT2D eigenvalue weighted by atomic mass is 9.87. The first-order valence-corrected chi connectivity index (χ1v) is 16.8. The Morgan fingerprint density at radius 2 is 1.04 bits per heavy atom. The molecule has 4 rings (SSSR count). The number of ether oxygens (including phenoxy) is 4. The number of ketones is 1. The van der Waals surface area contributed by atoms with Crippen LogP contribution in [0.2, 0.25) is 5.02 Å². The van der Waals surface area contributed by atoms with E-state index in [1.165, 1.54) is 27.9 Å². The summed E-state index contributed by atoms with van der Waals surface area (Å²) in [5.41, 5.74) is 1.20. The van der Waals surface area contributed by atoms with Gasteiger partial charge < -0.3 is 34.3 Å². The van der Waals surface area contributed by atoms with Crippen LogP contribution in [-0.2, 0) is 14.3 Å². The van der Waals surface area contributed by atoms with E-state index in [9.17, 15) is 39.3 Å². The Bertz CT molecular complexity index is 2150. The first kappa shape index (κ1) is 40.3. The van der Waals surface area contributed by atoms with E-state index in [1.54, 1.807) is 55.4 Å². The SMILES string of the molecule is COC1=CC(=O)C=C(C)[C@]1(O)C(=O)Oc1c(C)c(O)c(C(=O)Oc2c(C)c(C)c(C(=O)Oc3c(C)c(C)c(C(=O)O)c(C)c3C)c(C)c2C)c(C)c1Cl. The molecule has 13 heteroatoms. The highest BCUT2D eigenvalue weighted by molar-refractivity contribution is 6.34. The van der Waals surface area contributed by atoms with Crippen LogP contribution in [0.4, 0.5) is 0 Å². The zero-order valence-corrected chi connectivity index (χ0v) is 32.3. The number of carbonyl (C=O) groups excluding carboxylic acids is 4. The predicted octanol–water partition coefficient (Wildman–Crippen LogP) is 6.96. The van der Waals surface area contributed by atoms with Crippen molar-refractivity contribution in [2.45, 2.75) is 81.8 Å². The fraction of sp³-hybridized carbons (Fsp3) is 0.325. The van der Waals surface area contributed by atoms with Gasteiger partial charge in [0.25, 0.3) is 0 Å². The third kappa shape index (κ3) is 6.57. The van der Waals surface area contributed by atoms with Gasteiger partial charge in [-0.15, -0.1) is 0 Å². The Labute approximate surface area is 311 Å². The number of phenols is 1. The van der Waals surface area contributed by atoms with Crippen molar-refractivity contribution < 1.29 is 58.2 Å². The molecule has 280 valence electrons. The highest BCUT2D eigenvalue weighted by Crippen LogP contribution is 2.44. The van der Waals surface area contributed by atoms with Gasteiger partial charge in [-0.05, 0) is 138 Å². The molecule has 0 spiro atoms. The summed E-state index contributed by atoms with van der Waals surface area (Å²) in [7, 11) is 1.17. The maximum absolute atomic E-state index is 13.8. The molecule has 3 aromatic carbocycles. The van der Waals surface area contributed by atoms with E-state index >= 15 is 0 Å². The molecule has 0 saturated carbocycles. The zero-order chi connectivity index (χ0) is 40.2. The second-order valence-corrected chi connectivity index (χ2v) is 13.5. The first-order chi connectivity index (χ1) is 24.5. The van der Waals surface area contributed by atoms with Crippen molar-refractivity contribution in [3.63, 3.8) is 0 Å². The Morgan fingerprint density at radius 1 is 0.604 bits per heavy atom. The van der Waals surface area contributed by atoms with Gasteiger partial charge in [-0.3, -0.25) is 4.79 Å². The van der Waals surface area contributed by atoms with Crippen LogP contribution < -0.4 is 14.2 Å². The largest absolute Gasteiger partial charge is 0.507 e. The fourth-order valence-electron chi connectivity index (χ4n) is 6.49. The summed E-state index contributed by atoms with van der Waals surface area (Å²) in [6.45, 7) is 17.4. The number of hydrogen-bond donors (Lipinski definition) is 3. The molecule has 0 aromatic heterocycles. The van der Waals surface area contributed by atoms with Gasteiger partial charge in [0.05, 0.1) is 23.3 Å². The molecule has 0 aliphatic heterocycles. The lowest BCUT2D eigenvalue weighted by molar-refractivity contribution is -0.151. The zero-order valence-electron chi connectivity index (χ0n) is 31.5. The molecule has 3 aromatic rings. The van der Waals surface area contributed by atoms with Crippen molar-refractivity contribution in [1.29, 1.82) is 0 Å². The van der Waals surface area contributed by atoms with Crippen molar-refractivity contribution >= 4 is 41.3 Å². The minimum Gasteiger partial charge on any atom is -0.507 e. The van der Waals surface area contributed by atoms with Crippen LogP contribution in [0.25, 0.3) is 0 Å². The summed E-state index contributed by atoms with van der Waals surface area (Å²) in [4.78, 5) is 64.7. The number of aromatic carboxylic acids is 1.